The Hall–Kier alpha value is -2.34. The molecule has 0 saturated heterocycles. The topological polar surface area (TPSA) is 60.2 Å². The van der Waals surface area contributed by atoms with Crippen LogP contribution in [0, 0.1) is 0 Å². The van der Waals surface area contributed by atoms with E-state index < -0.39 is 0 Å². The molecule has 3 rings (SSSR count). The Morgan fingerprint density at radius 3 is 2.65 bits per heavy atom. The molecular formula is C17H16BrN3O2. The third kappa shape index (κ3) is 3.90. The Bertz CT molecular complexity index is 772. The van der Waals surface area contributed by atoms with Crippen LogP contribution in [0.25, 0.3) is 11.4 Å². The van der Waals surface area contributed by atoms with E-state index in [0.29, 0.717) is 24.9 Å². The number of nitrogens with zero attached hydrogens (tertiary/aromatic N) is 2. The fourth-order valence-electron chi connectivity index (χ4n) is 2.09. The lowest BCUT2D eigenvalue weighted by molar-refractivity contribution is 0.340. The van der Waals surface area contributed by atoms with Gasteiger partial charge in [-0.1, -0.05) is 17.3 Å². The SMILES string of the molecule is CCOc1ccc(-c2noc(CNc3ccccc3Br)n2)cc1. The number of ether oxygens (including phenoxy) is 1. The zero-order valence-electron chi connectivity index (χ0n) is 12.6. The van der Waals surface area contributed by atoms with Crippen molar-refractivity contribution in [3.8, 4) is 17.1 Å². The Morgan fingerprint density at radius 1 is 1.13 bits per heavy atom. The van der Waals surface area contributed by atoms with Crippen LogP contribution in [0.2, 0.25) is 0 Å². The third-order valence-corrected chi connectivity index (χ3v) is 3.89. The highest BCUT2D eigenvalue weighted by atomic mass is 79.9. The van der Waals surface area contributed by atoms with Crippen LogP contribution >= 0.6 is 15.9 Å². The molecule has 0 bridgehead atoms. The summed E-state index contributed by atoms with van der Waals surface area (Å²) in [4.78, 5) is 4.40. The first kappa shape index (κ1) is 15.6. The number of rotatable bonds is 6. The monoisotopic (exact) mass is 373 g/mol. The molecule has 118 valence electrons. The summed E-state index contributed by atoms with van der Waals surface area (Å²) < 4.78 is 11.7. The summed E-state index contributed by atoms with van der Waals surface area (Å²) in [6, 6.07) is 15.5. The van der Waals surface area contributed by atoms with Crippen LogP contribution in [0.1, 0.15) is 12.8 Å². The molecule has 0 aliphatic carbocycles. The van der Waals surface area contributed by atoms with Crippen LogP contribution in [-0.2, 0) is 6.54 Å². The van der Waals surface area contributed by atoms with Gasteiger partial charge in [-0.3, -0.25) is 0 Å². The summed E-state index contributed by atoms with van der Waals surface area (Å²) in [5.74, 6) is 1.93. The number of benzene rings is 2. The van der Waals surface area contributed by atoms with Gasteiger partial charge in [0.2, 0.25) is 11.7 Å². The predicted octanol–water partition coefficient (Wildman–Crippen LogP) is 4.51. The average Bonchev–Trinajstić information content (AvgIpc) is 3.04. The van der Waals surface area contributed by atoms with E-state index in [1.807, 2.05) is 55.5 Å². The van der Waals surface area contributed by atoms with Crippen molar-refractivity contribution < 1.29 is 9.26 Å². The Kier molecular flexibility index (Phi) is 4.92. The smallest absolute Gasteiger partial charge is 0.246 e. The molecule has 23 heavy (non-hydrogen) atoms. The van der Waals surface area contributed by atoms with Crippen LogP contribution in [0.5, 0.6) is 5.75 Å². The molecule has 6 heteroatoms. The highest BCUT2D eigenvalue weighted by Gasteiger charge is 2.09. The van der Waals surface area contributed by atoms with Crippen molar-refractivity contribution in [1.29, 1.82) is 0 Å². The molecule has 1 N–H and O–H groups in total. The lowest BCUT2D eigenvalue weighted by Gasteiger charge is -2.04. The van der Waals surface area contributed by atoms with Crippen LogP contribution in [0.3, 0.4) is 0 Å². The molecule has 1 heterocycles. The molecule has 5 nitrogen and oxygen atoms in total. The minimum absolute atomic E-state index is 0.465. The molecule has 0 fully saturated rings. The number of anilines is 1. The summed E-state index contributed by atoms with van der Waals surface area (Å²) in [5.41, 5.74) is 1.87. The summed E-state index contributed by atoms with van der Waals surface area (Å²) in [7, 11) is 0. The van der Waals surface area contributed by atoms with Gasteiger partial charge < -0.3 is 14.6 Å². The van der Waals surface area contributed by atoms with E-state index in [9.17, 15) is 0 Å². The van der Waals surface area contributed by atoms with Crippen molar-refractivity contribution >= 4 is 21.6 Å². The Morgan fingerprint density at radius 2 is 1.91 bits per heavy atom. The van der Waals surface area contributed by atoms with Gasteiger partial charge in [-0.2, -0.15) is 4.98 Å². The number of halogens is 1. The minimum atomic E-state index is 0.465. The summed E-state index contributed by atoms with van der Waals surface area (Å²) in [6.45, 7) is 3.07. The number of para-hydroxylation sites is 1. The molecule has 0 spiro atoms. The van der Waals surface area contributed by atoms with Crippen LogP contribution in [0.15, 0.2) is 57.5 Å². The minimum Gasteiger partial charge on any atom is -0.494 e. The second-order valence-electron chi connectivity index (χ2n) is 4.80. The molecule has 0 atom stereocenters. The van der Waals surface area contributed by atoms with E-state index in [4.69, 9.17) is 9.26 Å². The zero-order chi connectivity index (χ0) is 16.1. The van der Waals surface area contributed by atoms with Gasteiger partial charge in [0.05, 0.1) is 13.2 Å². The molecule has 0 unspecified atom stereocenters. The standard InChI is InChI=1S/C17H16BrN3O2/c1-2-22-13-9-7-12(8-10-13)17-20-16(23-21-17)11-19-15-6-4-3-5-14(15)18/h3-10,19H,2,11H2,1H3. The number of hydrogen-bond donors (Lipinski definition) is 1. The van der Waals surface area contributed by atoms with Crippen molar-refractivity contribution in [2.75, 3.05) is 11.9 Å². The first-order valence-electron chi connectivity index (χ1n) is 7.30. The van der Waals surface area contributed by atoms with Crippen molar-refractivity contribution in [2.45, 2.75) is 13.5 Å². The second kappa shape index (κ2) is 7.28. The Labute approximate surface area is 142 Å². The summed E-state index contributed by atoms with van der Waals surface area (Å²) >= 11 is 3.49. The first-order chi connectivity index (χ1) is 11.3. The van der Waals surface area contributed by atoms with Gasteiger partial charge in [-0.05, 0) is 59.3 Å². The Balaban J connectivity index is 1.67. The van der Waals surface area contributed by atoms with Crippen molar-refractivity contribution in [3.05, 3.63) is 58.9 Å². The maximum atomic E-state index is 5.42. The maximum absolute atomic E-state index is 5.42. The molecule has 0 radical (unpaired) electrons. The second-order valence-corrected chi connectivity index (χ2v) is 5.66. The summed E-state index contributed by atoms with van der Waals surface area (Å²) in [5, 5.41) is 7.27. The molecular weight excluding hydrogens is 358 g/mol. The first-order valence-corrected chi connectivity index (χ1v) is 8.10. The average molecular weight is 374 g/mol. The molecule has 0 amide bonds. The molecule has 3 aromatic rings. The molecule has 1 aromatic heterocycles. The van der Waals surface area contributed by atoms with Crippen molar-refractivity contribution in [3.63, 3.8) is 0 Å². The molecule has 2 aromatic carbocycles. The van der Waals surface area contributed by atoms with Gasteiger partial charge >= 0.3 is 0 Å². The predicted molar refractivity (Wildman–Crippen MR) is 92.4 cm³/mol. The fourth-order valence-corrected chi connectivity index (χ4v) is 2.51. The number of hydrogen-bond acceptors (Lipinski definition) is 5. The lowest BCUT2D eigenvalue weighted by Crippen LogP contribution is -2.00. The maximum Gasteiger partial charge on any atom is 0.246 e. The van der Waals surface area contributed by atoms with Gasteiger partial charge in [0, 0.05) is 15.7 Å². The normalized spacial score (nSPS) is 10.5. The third-order valence-electron chi connectivity index (χ3n) is 3.20. The van der Waals surface area contributed by atoms with E-state index in [0.717, 1.165) is 21.5 Å². The fraction of sp³-hybridized carbons (Fsp3) is 0.176. The van der Waals surface area contributed by atoms with E-state index in [1.165, 1.54) is 0 Å². The van der Waals surface area contributed by atoms with Gasteiger partial charge in [-0.25, -0.2) is 0 Å². The molecule has 0 aliphatic rings. The van der Waals surface area contributed by atoms with Gasteiger partial charge in [0.15, 0.2) is 0 Å². The number of nitrogens with one attached hydrogen (secondary N) is 1. The zero-order valence-corrected chi connectivity index (χ0v) is 14.2. The summed E-state index contributed by atoms with van der Waals surface area (Å²) in [6.07, 6.45) is 0. The van der Waals surface area contributed by atoms with Crippen LogP contribution in [0.4, 0.5) is 5.69 Å². The molecule has 0 aliphatic heterocycles. The quantitative estimate of drug-likeness (QED) is 0.688. The van der Waals surface area contributed by atoms with E-state index >= 15 is 0 Å². The van der Waals surface area contributed by atoms with Gasteiger partial charge in [0.1, 0.15) is 5.75 Å². The molecule has 0 saturated carbocycles. The highest BCUT2D eigenvalue weighted by Crippen LogP contribution is 2.23. The van der Waals surface area contributed by atoms with Crippen LogP contribution < -0.4 is 10.1 Å². The van der Waals surface area contributed by atoms with E-state index in [2.05, 4.69) is 31.4 Å². The van der Waals surface area contributed by atoms with Gasteiger partial charge in [-0.15, -0.1) is 0 Å². The lowest BCUT2D eigenvalue weighted by atomic mass is 10.2. The number of aromatic nitrogens is 2. The van der Waals surface area contributed by atoms with E-state index in [1.54, 1.807) is 0 Å². The van der Waals surface area contributed by atoms with Crippen LogP contribution in [-0.4, -0.2) is 16.7 Å². The van der Waals surface area contributed by atoms with Gasteiger partial charge in [0.25, 0.3) is 0 Å². The highest BCUT2D eigenvalue weighted by molar-refractivity contribution is 9.10. The van der Waals surface area contributed by atoms with Crippen molar-refractivity contribution in [2.24, 2.45) is 0 Å². The van der Waals surface area contributed by atoms with Crippen molar-refractivity contribution in [1.82, 2.24) is 10.1 Å². The van der Waals surface area contributed by atoms with E-state index in [-0.39, 0.29) is 0 Å². The largest absolute Gasteiger partial charge is 0.494 e.